The van der Waals surface area contributed by atoms with Crippen molar-refractivity contribution < 1.29 is 19.1 Å². The van der Waals surface area contributed by atoms with Crippen molar-refractivity contribution in [3.05, 3.63) is 59.7 Å². The van der Waals surface area contributed by atoms with Gasteiger partial charge in [-0.15, -0.1) is 0 Å². The third kappa shape index (κ3) is 6.59. The second-order valence-corrected chi connectivity index (χ2v) is 10.1. The molecular weight excluding hydrogens is 430 g/mol. The fourth-order valence-corrected chi connectivity index (χ4v) is 4.22. The molecule has 1 saturated carbocycles. The molecule has 7 nitrogen and oxygen atoms in total. The summed E-state index contributed by atoms with van der Waals surface area (Å²) < 4.78 is 5.36. The average Bonchev–Trinajstić information content (AvgIpc) is 3.22. The van der Waals surface area contributed by atoms with Crippen LogP contribution in [0.5, 0.6) is 0 Å². The fraction of sp³-hybridized carbons (Fsp3) is 0.444. The zero-order valence-corrected chi connectivity index (χ0v) is 20.4. The first kappa shape index (κ1) is 25.3. The Morgan fingerprint density at radius 1 is 0.971 bits per heavy atom. The monoisotopic (exact) mass is 465 g/mol. The standard InChI is InChI=1S/C27H35N3O4/c1-18-7-11-20(12-8-18)21-13-9-19(10-14-21)17-22(23(28)31)29-24(32)27(15-5-6-16-27)30-25(33)34-26(2,3)4/h7-14,22H,5-6,15-17H2,1-4H3,(H2,28,31)(H,29,32)(H,30,33)/t22-/m0/s1. The van der Waals surface area contributed by atoms with Crippen molar-refractivity contribution in [2.45, 2.75) is 77.0 Å². The van der Waals surface area contributed by atoms with Gasteiger partial charge in [0, 0.05) is 6.42 Å². The highest BCUT2D eigenvalue weighted by Crippen LogP contribution is 2.31. The first-order chi connectivity index (χ1) is 16.0. The number of carbonyl (C=O) groups is 3. The normalized spacial score (nSPS) is 15.9. The molecule has 2 aromatic rings. The molecule has 3 rings (SSSR count). The minimum atomic E-state index is -1.11. The molecule has 182 valence electrons. The Hall–Kier alpha value is -3.35. The van der Waals surface area contributed by atoms with Crippen molar-refractivity contribution in [3.63, 3.8) is 0 Å². The molecule has 7 heteroatoms. The van der Waals surface area contributed by atoms with Gasteiger partial charge >= 0.3 is 6.09 Å². The zero-order valence-electron chi connectivity index (χ0n) is 20.4. The molecule has 0 radical (unpaired) electrons. The van der Waals surface area contributed by atoms with Gasteiger partial charge in [0.25, 0.3) is 0 Å². The number of hydrogen-bond donors (Lipinski definition) is 3. The Morgan fingerprint density at radius 3 is 2.00 bits per heavy atom. The summed E-state index contributed by atoms with van der Waals surface area (Å²) in [4.78, 5) is 37.8. The molecule has 0 spiro atoms. The van der Waals surface area contributed by atoms with Crippen molar-refractivity contribution in [2.75, 3.05) is 0 Å². The lowest BCUT2D eigenvalue weighted by molar-refractivity contribution is -0.131. The maximum atomic E-state index is 13.3. The van der Waals surface area contributed by atoms with Gasteiger partial charge in [-0.25, -0.2) is 4.79 Å². The number of nitrogens with one attached hydrogen (secondary N) is 2. The van der Waals surface area contributed by atoms with E-state index < -0.39 is 35.1 Å². The predicted octanol–water partition coefficient (Wildman–Crippen LogP) is 4.01. The molecule has 4 N–H and O–H groups in total. The van der Waals surface area contributed by atoms with Crippen molar-refractivity contribution >= 4 is 17.9 Å². The largest absolute Gasteiger partial charge is 0.444 e. The van der Waals surface area contributed by atoms with Gasteiger partial charge in [0.1, 0.15) is 17.2 Å². The van der Waals surface area contributed by atoms with Crippen LogP contribution >= 0.6 is 0 Å². The van der Waals surface area contributed by atoms with Crippen molar-refractivity contribution in [1.29, 1.82) is 0 Å². The number of primary amides is 1. The third-order valence-electron chi connectivity index (χ3n) is 6.06. The second kappa shape index (κ2) is 10.3. The number of ether oxygens (including phenoxy) is 1. The number of aryl methyl sites for hydroxylation is 1. The third-order valence-corrected chi connectivity index (χ3v) is 6.06. The van der Waals surface area contributed by atoms with Crippen LogP contribution < -0.4 is 16.4 Å². The molecule has 1 fully saturated rings. The average molecular weight is 466 g/mol. The van der Waals surface area contributed by atoms with E-state index in [0.29, 0.717) is 12.8 Å². The summed E-state index contributed by atoms with van der Waals surface area (Å²) in [7, 11) is 0. The van der Waals surface area contributed by atoms with Gasteiger partial charge in [-0.1, -0.05) is 66.9 Å². The molecule has 3 amide bonds. The first-order valence-electron chi connectivity index (χ1n) is 11.7. The van der Waals surface area contributed by atoms with Crippen molar-refractivity contribution in [2.24, 2.45) is 5.73 Å². The quantitative estimate of drug-likeness (QED) is 0.574. The van der Waals surface area contributed by atoms with E-state index in [1.165, 1.54) is 5.56 Å². The SMILES string of the molecule is Cc1ccc(-c2ccc(C[C@H](NC(=O)C3(NC(=O)OC(C)(C)C)CCCC3)C(N)=O)cc2)cc1. The highest BCUT2D eigenvalue weighted by Gasteiger charge is 2.44. The smallest absolute Gasteiger partial charge is 0.408 e. The van der Waals surface area contributed by atoms with Gasteiger partial charge in [-0.05, 0) is 57.2 Å². The van der Waals surface area contributed by atoms with E-state index in [0.717, 1.165) is 29.5 Å². The number of hydrogen-bond acceptors (Lipinski definition) is 4. The molecule has 0 unspecified atom stereocenters. The Morgan fingerprint density at radius 2 is 1.50 bits per heavy atom. The van der Waals surface area contributed by atoms with Gasteiger partial charge in [0.2, 0.25) is 11.8 Å². The number of amides is 3. The number of rotatable bonds is 7. The minimum Gasteiger partial charge on any atom is -0.444 e. The van der Waals surface area contributed by atoms with E-state index in [9.17, 15) is 14.4 Å². The van der Waals surface area contributed by atoms with Crippen molar-refractivity contribution in [1.82, 2.24) is 10.6 Å². The van der Waals surface area contributed by atoms with E-state index >= 15 is 0 Å². The molecule has 34 heavy (non-hydrogen) atoms. The lowest BCUT2D eigenvalue weighted by atomic mass is 9.95. The second-order valence-electron chi connectivity index (χ2n) is 10.1. The first-order valence-corrected chi connectivity index (χ1v) is 11.7. The van der Waals surface area contributed by atoms with Crippen LogP contribution in [-0.2, 0) is 20.7 Å². The highest BCUT2D eigenvalue weighted by molar-refractivity contribution is 5.94. The van der Waals surface area contributed by atoms with Gasteiger partial charge < -0.3 is 21.1 Å². The lowest BCUT2D eigenvalue weighted by Gasteiger charge is -2.31. The van der Waals surface area contributed by atoms with Crippen LogP contribution in [0.15, 0.2) is 48.5 Å². The van der Waals surface area contributed by atoms with E-state index in [4.69, 9.17) is 10.5 Å². The molecule has 0 aliphatic heterocycles. The number of carbonyl (C=O) groups excluding carboxylic acids is 3. The van der Waals surface area contributed by atoms with Crippen LogP contribution in [0.25, 0.3) is 11.1 Å². The summed E-state index contributed by atoms with van der Waals surface area (Å²) >= 11 is 0. The molecule has 0 bridgehead atoms. The maximum absolute atomic E-state index is 13.3. The number of benzene rings is 2. The summed E-state index contributed by atoms with van der Waals surface area (Å²) in [5, 5.41) is 5.55. The molecule has 2 aromatic carbocycles. The van der Waals surface area contributed by atoms with Crippen LogP contribution in [0.4, 0.5) is 4.79 Å². The van der Waals surface area contributed by atoms with Gasteiger partial charge in [0.15, 0.2) is 0 Å². The summed E-state index contributed by atoms with van der Waals surface area (Å²) in [6.07, 6.45) is 2.17. The fourth-order valence-electron chi connectivity index (χ4n) is 4.22. The van der Waals surface area contributed by atoms with E-state index in [2.05, 4.69) is 34.9 Å². The zero-order chi connectivity index (χ0) is 24.9. The maximum Gasteiger partial charge on any atom is 0.408 e. The molecule has 1 atom stereocenters. The van der Waals surface area contributed by atoms with Crippen LogP contribution in [-0.4, -0.2) is 35.1 Å². The number of nitrogens with two attached hydrogens (primary N) is 1. The number of alkyl carbamates (subject to hydrolysis) is 1. The van der Waals surface area contributed by atoms with E-state index in [1.54, 1.807) is 20.8 Å². The summed E-state index contributed by atoms with van der Waals surface area (Å²) in [5.74, 6) is -1.03. The van der Waals surface area contributed by atoms with E-state index in [1.807, 2.05) is 31.2 Å². The Labute approximate surface area is 201 Å². The lowest BCUT2D eigenvalue weighted by Crippen LogP contribution is -2.61. The van der Waals surface area contributed by atoms with Crippen LogP contribution in [0, 0.1) is 6.92 Å². The van der Waals surface area contributed by atoms with Crippen LogP contribution in [0.2, 0.25) is 0 Å². The van der Waals surface area contributed by atoms with Crippen LogP contribution in [0.1, 0.15) is 57.6 Å². The van der Waals surface area contributed by atoms with Crippen molar-refractivity contribution in [3.8, 4) is 11.1 Å². The highest BCUT2D eigenvalue weighted by atomic mass is 16.6. The van der Waals surface area contributed by atoms with Gasteiger partial charge in [-0.3, -0.25) is 9.59 Å². The van der Waals surface area contributed by atoms with Gasteiger partial charge in [-0.2, -0.15) is 0 Å². The molecule has 0 heterocycles. The molecular formula is C27H35N3O4. The molecule has 0 aromatic heterocycles. The molecule has 0 saturated heterocycles. The van der Waals surface area contributed by atoms with E-state index in [-0.39, 0.29) is 6.42 Å². The summed E-state index contributed by atoms with van der Waals surface area (Å²) in [5.41, 5.74) is 8.08. The summed E-state index contributed by atoms with van der Waals surface area (Å²) in [6, 6.07) is 15.2. The Balaban J connectivity index is 1.69. The molecule has 1 aliphatic rings. The van der Waals surface area contributed by atoms with Crippen LogP contribution in [0.3, 0.4) is 0 Å². The Bertz CT molecular complexity index is 1020. The topological polar surface area (TPSA) is 111 Å². The molecule has 1 aliphatic carbocycles. The Kier molecular flexibility index (Phi) is 7.64. The van der Waals surface area contributed by atoms with Gasteiger partial charge in [0.05, 0.1) is 0 Å². The minimum absolute atomic E-state index is 0.262. The predicted molar refractivity (Wildman–Crippen MR) is 132 cm³/mol. The summed E-state index contributed by atoms with van der Waals surface area (Å²) in [6.45, 7) is 7.34.